The van der Waals surface area contributed by atoms with Crippen molar-refractivity contribution >= 4 is 23.4 Å². The Morgan fingerprint density at radius 3 is 2.26 bits per heavy atom. The number of amides is 1. The van der Waals surface area contributed by atoms with Gasteiger partial charge in [-0.25, -0.2) is 14.6 Å². The van der Waals surface area contributed by atoms with Crippen LogP contribution in [-0.2, 0) is 9.53 Å². The Bertz CT molecular complexity index is 1110. The Labute approximate surface area is 184 Å². The topological polar surface area (TPSA) is 79.7 Å². The number of aryl methyl sites for hydroxylation is 1. The van der Waals surface area contributed by atoms with Gasteiger partial charge < -0.3 is 9.84 Å². The van der Waals surface area contributed by atoms with E-state index in [0.29, 0.717) is 10.6 Å². The highest BCUT2D eigenvalue weighted by Gasteiger charge is 2.44. The maximum absolute atomic E-state index is 13.2. The number of fused-ring (bicyclic) bond motifs is 3. The number of hydrogen-bond donors (Lipinski definition) is 1. The van der Waals surface area contributed by atoms with E-state index in [2.05, 4.69) is 29.2 Å². The molecule has 7 heteroatoms. The quantitative estimate of drug-likeness (QED) is 0.591. The number of carbonyl (C=O) groups excluding carboxylic acids is 1. The number of carbonyl (C=O) groups is 2. The van der Waals surface area contributed by atoms with Gasteiger partial charge in [0.2, 0.25) is 0 Å². The molecular formula is C24H22N2O4S. The predicted octanol–water partition coefficient (Wildman–Crippen LogP) is 4.99. The van der Waals surface area contributed by atoms with Crippen molar-refractivity contribution in [1.82, 2.24) is 9.88 Å². The molecule has 0 aliphatic heterocycles. The van der Waals surface area contributed by atoms with Crippen LogP contribution >= 0.6 is 11.3 Å². The molecule has 158 valence electrons. The summed E-state index contributed by atoms with van der Waals surface area (Å²) in [6, 6.07) is 15.1. The zero-order valence-electron chi connectivity index (χ0n) is 17.0. The van der Waals surface area contributed by atoms with Crippen molar-refractivity contribution in [1.29, 1.82) is 0 Å². The number of nitrogens with zero attached hydrogens (tertiary/aromatic N) is 2. The molecule has 0 spiro atoms. The van der Waals surface area contributed by atoms with E-state index in [9.17, 15) is 14.7 Å². The Morgan fingerprint density at radius 1 is 1.13 bits per heavy atom. The van der Waals surface area contributed by atoms with Gasteiger partial charge in [0.15, 0.2) is 6.04 Å². The van der Waals surface area contributed by atoms with Crippen LogP contribution in [0.25, 0.3) is 11.1 Å². The average Bonchev–Trinajstić information content (AvgIpc) is 3.44. The van der Waals surface area contributed by atoms with Gasteiger partial charge in [-0.1, -0.05) is 48.5 Å². The zero-order valence-corrected chi connectivity index (χ0v) is 17.8. The number of hydrogen-bond acceptors (Lipinski definition) is 5. The summed E-state index contributed by atoms with van der Waals surface area (Å²) < 4.78 is 5.78. The largest absolute Gasteiger partial charge is 0.479 e. The molecule has 1 heterocycles. The molecule has 5 rings (SSSR count). The second-order valence-electron chi connectivity index (χ2n) is 7.99. The number of carboxylic acids is 1. The van der Waals surface area contributed by atoms with Crippen LogP contribution in [0.15, 0.2) is 54.0 Å². The van der Waals surface area contributed by atoms with Crippen LogP contribution in [0.2, 0.25) is 0 Å². The second-order valence-corrected chi connectivity index (χ2v) is 8.87. The highest BCUT2D eigenvalue weighted by atomic mass is 32.1. The summed E-state index contributed by atoms with van der Waals surface area (Å²) in [6.07, 6.45) is 0.988. The van der Waals surface area contributed by atoms with Gasteiger partial charge in [-0.2, -0.15) is 0 Å². The normalized spacial score (nSPS) is 15.8. The van der Waals surface area contributed by atoms with E-state index < -0.39 is 18.1 Å². The lowest BCUT2D eigenvalue weighted by Crippen LogP contribution is -2.41. The Morgan fingerprint density at radius 2 is 1.74 bits per heavy atom. The molecule has 1 aromatic heterocycles. The lowest BCUT2D eigenvalue weighted by Gasteiger charge is -2.28. The Hall–Kier alpha value is -3.19. The van der Waals surface area contributed by atoms with Crippen molar-refractivity contribution < 1.29 is 19.4 Å². The molecule has 31 heavy (non-hydrogen) atoms. The summed E-state index contributed by atoms with van der Waals surface area (Å²) in [5.74, 6) is -1.13. The fourth-order valence-corrected chi connectivity index (χ4v) is 5.31. The predicted molar refractivity (Wildman–Crippen MR) is 117 cm³/mol. The van der Waals surface area contributed by atoms with Crippen molar-refractivity contribution in [2.45, 2.75) is 37.8 Å². The molecule has 3 aromatic rings. The third-order valence-electron chi connectivity index (χ3n) is 6.03. The fourth-order valence-electron chi connectivity index (χ4n) is 4.42. The van der Waals surface area contributed by atoms with Gasteiger partial charge in [0.1, 0.15) is 6.61 Å². The lowest BCUT2D eigenvalue weighted by atomic mass is 9.98. The Kier molecular flexibility index (Phi) is 4.98. The van der Waals surface area contributed by atoms with Crippen LogP contribution < -0.4 is 0 Å². The first-order chi connectivity index (χ1) is 15.1. The molecule has 0 radical (unpaired) electrons. The monoisotopic (exact) mass is 434 g/mol. The fraction of sp³-hybridized carbons (Fsp3) is 0.292. The van der Waals surface area contributed by atoms with E-state index >= 15 is 0 Å². The number of aliphatic carboxylic acids is 1. The van der Waals surface area contributed by atoms with Crippen molar-refractivity contribution in [3.05, 3.63) is 75.7 Å². The molecule has 0 bridgehead atoms. The maximum Gasteiger partial charge on any atom is 0.411 e. The summed E-state index contributed by atoms with van der Waals surface area (Å²) in [4.78, 5) is 31.5. The van der Waals surface area contributed by atoms with E-state index in [0.717, 1.165) is 35.1 Å². The van der Waals surface area contributed by atoms with Gasteiger partial charge in [0, 0.05) is 12.0 Å². The molecule has 1 N–H and O–H groups in total. The smallest absolute Gasteiger partial charge is 0.411 e. The van der Waals surface area contributed by atoms with Gasteiger partial charge in [-0.15, -0.1) is 11.3 Å². The summed E-state index contributed by atoms with van der Waals surface area (Å²) in [6.45, 7) is 1.94. The minimum absolute atomic E-state index is 0.0641. The van der Waals surface area contributed by atoms with Gasteiger partial charge in [-0.3, -0.25) is 4.90 Å². The molecule has 2 aromatic carbocycles. The van der Waals surface area contributed by atoms with Crippen LogP contribution in [0, 0.1) is 6.92 Å². The molecule has 6 nitrogen and oxygen atoms in total. The van der Waals surface area contributed by atoms with Gasteiger partial charge >= 0.3 is 12.1 Å². The number of rotatable bonds is 6. The van der Waals surface area contributed by atoms with E-state index in [4.69, 9.17) is 4.74 Å². The van der Waals surface area contributed by atoms with Gasteiger partial charge in [0.25, 0.3) is 0 Å². The first-order valence-electron chi connectivity index (χ1n) is 10.3. The highest BCUT2D eigenvalue weighted by Crippen LogP contribution is 2.45. The third-order valence-corrected chi connectivity index (χ3v) is 7.01. The number of thiazole rings is 1. The van der Waals surface area contributed by atoms with Gasteiger partial charge in [-0.05, 0) is 42.0 Å². The number of aromatic nitrogens is 1. The molecule has 1 unspecified atom stereocenters. The minimum Gasteiger partial charge on any atom is -0.479 e. The molecular weight excluding hydrogens is 412 g/mol. The van der Waals surface area contributed by atoms with Crippen molar-refractivity contribution in [3.63, 3.8) is 0 Å². The van der Waals surface area contributed by atoms with Crippen LogP contribution in [0.4, 0.5) is 4.79 Å². The van der Waals surface area contributed by atoms with Crippen molar-refractivity contribution in [2.75, 3.05) is 6.61 Å². The van der Waals surface area contributed by atoms with Crippen molar-refractivity contribution in [3.8, 4) is 11.1 Å². The number of carboxylic acid groups (broad SMARTS) is 1. The maximum atomic E-state index is 13.2. The minimum atomic E-state index is -1.07. The van der Waals surface area contributed by atoms with Gasteiger partial charge in [0.05, 0.1) is 16.1 Å². The van der Waals surface area contributed by atoms with Crippen LogP contribution in [-0.4, -0.2) is 39.7 Å². The zero-order chi connectivity index (χ0) is 21.5. The number of benzene rings is 2. The first kappa shape index (κ1) is 19.8. The molecule has 1 atom stereocenters. The second kappa shape index (κ2) is 7.81. The standard InChI is InChI=1S/C24H22N2O4S/c1-14-22(31-13-25-14)21(23(27)28)26(15-10-11-15)24(29)30-12-20-18-8-4-2-6-16(18)17-7-3-5-9-19(17)20/h2-9,13,15,20-21H,10-12H2,1H3,(H,27,28). The SMILES string of the molecule is Cc1ncsc1C(C(=O)O)N(C(=O)OCC1c2ccccc2-c2ccccc21)C1CC1. The average molecular weight is 435 g/mol. The van der Waals surface area contributed by atoms with Crippen LogP contribution in [0.3, 0.4) is 0 Å². The summed E-state index contributed by atoms with van der Waals surface area (Å²) in [5.41, 5.74) is 6.81. The lowest BCUT2D eigenvalue weighted by molar-refractivity contribution is -0.143. The summed E-state index contributed by atoms with van der Waals surface area (Å²) >= 11 is 1.26. The highest BCUT2D eigenvalue weighted by molar-refractivity contribution is 7.10. The summed E-state index contributed by atoms with van der Waals surface area (Å²) in [5, 5.41) is 9.93. The van der Waals surface area contributed by atoms with E-state index in [1.54, 1.807) is 12.4 Å². The first-order valence-corrected chi connectivity index (χ1v) is 11.2. The van der Waals surface area contributed by atoms with E-state index in [-0.39, 0.29) is 18.6 Å². The molecule has 2 aliphatic rings. The summed E-state index contributed by atoms with van der Waals surface area (Å²) in [7, 11) is 0. The molecule has 0 saturated heterocycles. The van der Waals surface area contributed by atoms with Crippen LogP contribution in [0.5, 0.6) is 0 Å². The molecule has 1 amide bonds. The van der Waals surface area contributed by atoms with Crippen LogP contribution in [0.1, 0.15) is 46.5 Å². The molecule has 1 saturated carbocycles. The van der Waals surface area contributed by atoms with E-state index in [1.165, 1.54) is 16.2 Å². The molecule has 1 fully saturated rings. The Balaban J connectivity index is 1.40. The number of ether oxygens (including phenoxy) is 1. The van der Waals surface area contributed by atoms with Crippen molar-refractivity contribution in [2.24, 2.45) is 0 Å². The third kappa shape index (κ3) is 3.49. The van der Waals surface area contributed by atoms with E-state index in [1.807, 2.05) is 24.3 Å². The molecule has 2 aliphatic carbocycles.